The third-order valence-corrected chi connectivity index (χ3v) is 3.96. The summed E-state index contributed by atoms with van der Waals surface area (Å²) in [6.07, 6.45) is 0. The molecule has 0 bridgehead atoms. The lowest BCUT2D eigenvalue weighted by atomic mass is 10.1. The summed E-state index contributed by atoms with van der Waals surface area (Å²) in [6.45, 7) is 7.21. The van der Waals surface area contributed by atoms with Crippen LogP contribution in [0.2, 0.25) is 0 Å². The summed E-state index contributed by atoms with van der Waals surface area (Å²) in [5.74, 6) is 0. The van der Waals surface area contributed by atoms with E-state index < -0.39 is 0 Å². The lowest BCUT2D eigenvalue weighted by Crippen LogP contribution is -2.01. The average molecular weight is 304 g/mol. The number of hydrogen-bond donors (Lipinski definition) is 1. The molecule has 1 nitrogen and oxygen atoms in total. The Morgan fingerprint density at radius 1 is 0.944 bits per heavy atom. The number of rotatable bonds is 3. The van der Waals surface area contributed by atoms with Crippen LogP contribution in [0.1, 0.15) is 22.3 Å². The predicted octanol–water partition coefficient (Wildman–Crippen LogP) is 4.99. The summed E-state index contributed by atoms with van der Waals surface area (Å²) in [5.41, 5.74) is 6.35. The van der Waals surface area contributed by atoms with E-state index in [1.807, 2.05) is 0 Å². The second kappa shape index (κ2) is 5.57. The fourth-order valence-electron chi connectivity index (χ4n) is 1.96. The number of benzene rings is 2. The van der Waals surface area contributed by atoms with Gasteiger partial charge in [-0.25, -0.2) is 0 Å². The maximum Gasteiger partial charge on any atom is 0.0401 e. The van der Waals surface area contributed by atoms with Crippen molar-refractivity contribution in [2.45, 2.75) is 27.3 Å². The minimum atomic E-state index is 0.850. The molecule has 0 unspecified atom stereocenters. The van der Waals surface area contributed by atoms with Gasteiger partial charge in [-0.2, -0.15) is 0 Å². The van der Waals surface area contributed by atoms with E-state index in [2.05, 4.69) is 78.4 Å². The Labute approximate surface area is 117 Å². The number of nitrogens with one attached hydrogen (secondary N) is 1. The molecular weight excluding hydrogens is 286 g/mol. The van der Waals surface area contributed by atoms with Gasteiger partial charge in [0.2, 0.25) is 0 Å². The Morgan fingerprint density at radius 2 is 1.72 bits per heavy atom. The van der Waals surface area contributed by atoms with E-state index in [0.717, 1.165) is 6.54 Å². The van der Waals surface area contributed by atoms with Crippen LogP contribution in [0.15, 0.2) is 40.9 Å². The highest BCUT2D eigenvalue weighted by Crippen LogP contribution is 2.20. The number of anilines is 1. The van der Waals surface area contributed by atoms with Gasteiger partial charge in [0.1, 0.15) is 0 Å². The first-order valence-corrected chi connectivity index (χ1v) is 6.92. The van der Waals surface area contributed by atoms with Crippen molar-refractivity contribution in [2.24, 2.45) is 0 Å². The summed E-state index contributed by atoms with van der Waals surface area (Å²) in [6, 6.07) is 13.0. The van der Waals surface area contributed by atoms with Gasteiger partial charge in [0.05, 0.1) is 0 Å². The molecule has 0 saturated heterocycles. The topological polar surface area (TPSA) is 12.0 Å². The molecule has 0 atom stereocenters. The van der Waals surface area contributed by atoms with Gasteiger partial charge in [-0.3, -0.25) is 0 Å². The average Bonchev–Trinajstić information content (AvgIpc) is 2.32. The van der Waals surface area contributed by atoms with Gasteiger partial charge in [0.15, 0.2) is 0 Å². The van der Waals surface area contributed by atoms with Crippen LogP contribution in [0.25, 0.3) is 0 Å². The van der Waals surface area contributed by atoms with Crippen molar-refractivity contribution in [3.8, 4) is 0 Å². The predicted molar refractivity (Wildman–Crippen MR) is 82.1 cm³/mol. The highest BCUT2D eigenvalue weighted by molar-refractivity contribution is 9.10. The zero-order valence-corrected chi connectivity index (χ0v) is 12.6. The van der Waals surface area contributed by atoms with Gasteiger partial charge in [0.25, 0.3) is 0 Å². The summed E-state index contributed by atoms with van der Waals surface area (Å²) in [5, 5.41) is 3.48. The minimum absolute atomic E-state index is 0.850. The second-order valence-electron chi connectivity index (χ2n) is 4.76. The molecule has 2 aromatic carbocycles. The van der Waals surface area contributed by atoms with Crippen LogP contribution in [0.4, 0.5) is 5.69 Å². The Bertz CT molecular complexity index is 561. The van der Waals surface area contributed by atoms with Crippen LogP contribution >= 0.6 is 15.9 Å². The molecule has 0 aromatic heterocycles. The van der Waals surface area contributed by atoms with Crippen molar-refractivity contribution in [1.82, 2.24) is 0 Å². The quantitative estimate of drug-likeness (QED) is 0.842. The third-order valence-electron chi connectivity index (χ3n) is 3.10. The first-order valence-electron chi connectivity index (χ1n) is 6.12. The zero-order chi connectivity index (χ0) is 13.1. The third kappa shape index (κ3) is 3.14. The summed E-state index contributed by atoms with van der Waals surface area (Å²) >= 11 is 3.57. The SMILES string of the molecule is Cc1ccc(NCc2ccc(C)c(Br)c2)c(C)c1. The van der Waals surface area contributed by atoms with E-state index in [0.29, 0.717) is 0 Å². The van der Waals surface area contributed by atoms with Crippen molar-refractivity contribution < 1.29 is 0 Å². The van der Waals surface area contributed by atoms with Gasteiger partial charge in [-0.05, 0) is 49.6 Å². The van der Waals surface area contributed by atoms with Crippen molar-refractivity contribution >= 4 is 21.6 Å². The van der Waals surface area contributed by atoms with Crippen molar-refractivity contribution in [1.29, 1.82) is 0 Å². The molecule has 0 aliphatic rings. The Morgan fingerprint density at radius 3 is 2.39 bits per heavy atom. The van der Waals surface area contributed by atoms with E-state index in [1.165, 1.54) is 32.4 Å². The molecule has 0 aliphatic heterocycles. The summed E-state index contributed by atoms with van der Waals surface area (Å²) in [7, 11) is 0. The van der Waals surface area contributed by atoms with Crippen LogP contribution in [0.5, 0.6) is 0 Å². The number of halogens is 1. The molecule has 94 valence electrons. The monoisotopic (exact) mass is 303 g/mol. The van der Waals surface area contributed by atoms with E-state index in [-0.39, 0.29) is 0 Å². The first-order chi connectivity index (χ1) is 8.56. The summed E-state index contributed by atoms with van der Waals surface area (Å²) in [4.78, 5) is 0. The highest BCUT2D eigenvalue weighted by atomic mass is 79.9. The molecule has 0 amide bonds. The van der Waals surface area contributed by atoms with Crippen molar-refractivity contribution in [2.75, 3.05) is 5.32 Å². The molecule has 18 heavy (non-hydrogen) atoms. The molecule has 0 saturated carbocycles. The van der Waals surface area contributed by atoms with E-state index >= 15 is 0 Å². The number of hydrogen-bond acceptors (Lipinski definition) is 1. The molecular formula is C16H18BrN. The molecule has 0 fully saturated rings. The fraction of sp³-hybridized carbons (Fsp3) is 0.250. The maximum absolute atomic E-state index is 3.57. The van der Waals surface area contributed by atoms with Crippen molar-refractivity contribution in [3.63, 3.8) is 0 Å². The highest BCUT2D eigenvalue weighted by Gasteiger charge is 2.00. The minimum Gasteiger partial charge on any atom is -0.381 e. The van der Waals surface area contributed by atoms with Crippen LogP contribution in [-0.2, 0) is 6.54 Å². The van der Waals surface area contributed by atoms with Gasteiger partial charge in [0, 0.05) is 16.7 Å². The Hall–Kier alpha value is -1.28. The lowest BCUT2D eigenvalue weighted by Gasteiger charge is -2.11. The van der Waals surface area contributed by atoms with E-state index in [4.69, 9.17) is 0 Å². The lowest BCUT2D eigenvalue weighted by molar-refractivity contribution is 1.13. The van der Waals surface area contributed by atoms with Gasteiger partial charge in [-0.15, -0.1) is 0 Å². The smallest absolute Gasteiger partial charge is 0.0401 e. The molecule has 0 heterocycles. The molecule has 0 radical (unpaired) electrons. The first kappa shape index (κ1) is 13.2. The molecule has 2 rings (SSSR count). The Kier molecular flexibility index (Phi) is 4.07. The zero-order valence-electron chi connectivity index (χ0n) is 11.0. The van der Waals surface area contributed by atoms with Crippen LogP contribution in [0.3, 0.4) is 0 Å². The number of aryl methyl sites for hydroxylation is 3. The largest absolute Gasteiger partial charge is 0.381 e. The molecule has 1 N–H and O–H groups in total. The molecule has 2 heteroatoms. The van der Waals surface area contributed by atoms with Crippen LogP contribution in [0, 0.1) is 20.8 Å². The Balaban J connectivity index is 2.09. The van der Waals surface area contributed by atoms with E-state index in [1.54, 1.807) is 0 Å². The fourth-order valence-corrected chi connectivity index (χ4v) is 2.38. The van der Waals surface area contributed by atoms with Gasteiger partial charge in [-0.1, -0.05) is 45.8 Å². The van der Waals surface area contributed by atoms with Crippen LogP contribution in [-0.4, -0.2) is 0 Å². The van der Waals surface area contributed by atoms with Crippen molar-refractivity contribution in [3.05, 3.63) is 63.1 Å². The van der Waals surface area contributed by atoms with Gasteiger partial charge >= 0.3 is 0 Å². The van der Waals surface area contributed by atoms with E-state index in [9.17, 15) is 0 Å². The molecule has 0 aliphatic carbocycles. The molecule has 0 spiro atoms. The van der Waals surface area contributed by atoms with Crippen LogP contribution < -0.4 is 5.32 Å². The van der Waals surface area contributed by atoms with Gasteiger partial charge < -0.3 is 5.32 Å². The maximum atomic E-state index is 3.57. The normalized spacial score (nSPS) is 10.4. The standard InChI is InChI=1S/C16H18BrN/c1-11-4-7-16(13(3)8-11)18-10-14-6-5-12(2)15(17)9-14/h4-9,18H,10H2,1-3H3. The molecule has 2 aromatic rings. The summed E-state index contributed by atoms with van der Waals surface area (Å²) < 4.78 is 1.17. The second-order valence-corrected chi connectivity index (χ2v) is 5.61.